The van der Waals surface area contributed by atoms with Crippen molar-refractivity contribution in [3.8, 4) is 0 Å². The molecule has 118 valence electrons. The van der Waals surface area contributed by atoms with Crippen LogP contribution in [0.3, 0.4) is 0 Å². The zero-order chi connectivity index (χ0) is 15.2. The third-order valence-corrected chi connectivity index (χ3v) is 5.08. The van der Waals surface area contributed by atoms with Gasteiger partial charge < -0.3 is 9.64 Å². The van der Waals surface area contributed by atoms with Gasteiger partial charge in [0, 0.05) is 17.0 Å². The van der Waals surface area contributed by atoms with Crippen molar-refractivity contribution >= 4 is 23.6 Å². The molecule has 0 aromatic carbocycles. The summed E-state index contributed by atoms with van der Waals surface area (Å²) in [6.07, 6.45) is 9.41. The molecule has 0 N–H and O–H groups in total. The fourth-order valence-corrected chi connectivity index (χ4v) is 3.45. The Morgan fingerprint density at radius 2 is 2.19 bits per heavy atom. The molecule has 1 saturated carbocycles. The highest BCUT2D eigenvalue weighted by molar-refractivity contribution is 8.00. The molecule has 21 heavy (non-hydrogen) atoms. The van der Waals surface area contributed by atoms with Crippen LogP contribution in [0.15, 0.2) is 11.8 Å². The van der Waals surface area contributed by atoms with E-state index in [1.54, 1.807) is 11.8 Å². The molecular formula is C16H25NO3S. The zero-order valence-electron chi connectivity index (χ0n) is 13.0. The van der Waals surface area contributed by atoms with Gasteiger partial charge in [-0.25, -0.2) is 0 Å². The van der Waals surface area contributed by atoms with Gasteiger partial charge in [0.2, 0.25) is 5.91 Å². The fourth-order valence-electron chi connectivity index (χ4n) is 2.63. The van der Waals surface area contributed by atoms with Crippen LogP contribution in [0.5, 0.6) is 0 Å². The minimum absolute atomic E-state index is 0.114. The quantitative estimate of drug-likeness (QED) is 0.678. The number of allylic oxidation sites excluding steroid dienone is 2. The average Bonchev–Trinajstić information content (AvgIpc) is 3.31. The second-order valence-electron chi connectivity index (χ2n) is 5.84. The van der Waals surface area contributed by atoms with Crippen molar-refractivity contribution in [2.24, 2.45) is 0 Å². The van der Waals surface area contributed by atoms with Crippen molar-refractivity contribution in [2.75, 3.05) is 12.9 Å². The molecular weight excluding hydrogens is 286 g/mol. The molecule has 0 heterocycles. The van der Waals surface area contributed by atoms with Crippen molar-refractivity contribution in [1.82, 2.24) is 4.90 Å². The first-order chi connectivity index (χ1) is 10.1. The van der Waals surface area contributed by atoms with Gasteiger partial charge >= 0.3 is 5.97 Å². The molecule has 0 spiro atoms. The molecule has 0 bridgehead atoms. The maximum Gasteiger partial charge on any atom is 0.306 e. The molecule has 1 amide bonds. The first kappa shape index (κ1) is 16.4. The van der Waals surface area contributed by atoms with Gasteiger partial charge in [-0.1, -0.05) is 13.0 Å². The van der Waals surface area contributed by atoms with Gasteiger partial charge in [-0.05, 0) is 38.5 Å². The second kappa shape index (κ2) is 7.87. The van der Waals surface area contributed by atoms with Gasteiger partial charge in [-0.3, -0.25) is 9.59 Å². The summed E-state index contributed by atoms with van der Waals surface area (Å²) in [5, 5.41) is 0.114. The lowest BCUT2D eigenvalue weighted by Gasteiger charge is -2.28. The van der Waals surface area contributed by atoms with E-state index in [9.17, 15) is 9.59 Å². The van der Waals surface area contributed by atoms with Gasteiger partial charge in [-0.15, -0.1) is 11.8 Å². The number of amides is 1. The van der Waals surface area contributed by atoms with E-state index in [-0.39, 0.29) is 17.1 Å². The first-order valence-corrected chi connectivity index (χ1v) is 8.86. The van der Waals surface area contributed by atoms with Crippen molar-refractivity contribution in [1.29, 1.82) is 0 Å². The Balaban J connectivity index is 1.84. The van der Waals surface area contributed by atoms with Crippen LogP contribution in [0.1, 0.15) is 51.9 Å². The molecule has 2 aliphatic carbocycles. The smallest absolute Gasteiger partial charge is 0.306 e. The second-order valence-corrected chi connectivity index (χ2v) is 7.26. The van der Waals surface area contributed by atoms with Crippen LogP contribution in [0, 0.1) is 0 Å². The Hall–Kier alpha value is -0.970. The number of hydrogen-bond acceptors (Lipinski definition) is 4. The summed E-state index contributed by atoms with van der Waals surface area (Å²) in [6.45, 7) is 1.97. The van der Waals surface area contributed by atoms with Gasteiger partial charge in [0.05, 0.1) is 19.3 Å². The number of ether oxygens (including phenoxy) is 1. The average molecular weight is 311 g/mol. The number of carbonyl (C=O) groups is 2. The maximum absolute atomic E-state index is 12.5. The summed E-state index contributed by atoms with van der Waals surface area (Å²) in [5.74, 6) is 0.440. The van der Waals surface area contributed by atoms with Crippen molar-refractivity contribution in [2.45, 2.75) is 63.2 Å². The summed E-state index contributed by atoms with van der Waals surface area (Å²) < 4.78 is 4.66. The van der Waals surface area contributed by atoms with Crippen molar-refractivity contribution in [3.63, 3.8) is 0 Å². The number of esters is 1. The van der Waals surface area contributed by atoms with Crippen LogP contribution in [0.25, 0.3) is 0 Å². The first-order valence-electron chi connectivity index (χ1n) is 7.81. The summed E-state index contributed by atoms with van der Waals surface area (Å²) >= 11 is 1.55. The van der Waals surface area contributed by atoms with Crippen LogP contribution in [-0.4, -0.2) is 40.9 Å². The van der Waals surface area contributed by atoms with E-state index in [1.807, 2.05) is 11.8 Å². The minimum atomic E-state index is -0.212. The number of carbonyl (C=O) groups excluding carboxylic acids is 2. The van der Waals surface area contributed by atoms with E-state index in [0.29, 0.717) is 18.2 Å². The van der Waals surface area contributed by atoms with Gasteiger partial charge in [0.25, 0.3) is 0 Å². The van der Waals surface area contributed by atoms with E-state index in [4.69, 9.17) is 0 Å². The largest absolute Gasteiger partial charge is 0.469 e. The Kier molecular flexibility index (Phi) is 6.15. The van der Waals surface area contributed by atoms with E-state index in [0.717, 1.165) is 25.7 Å². The molecule has 0 aromatic heterocycles. The molecule has 5 heteroatoms. The normalized spacial score (nSPS) is 19.6. The Morgan fingerprint density at radius 1 is 1.43 bits per heavy atom. The van der Waals surface area contributed by atoms with E-state index >= 15 is 0 Å². The third-order valence-electron chi connectivity index (χ3n) is 3.93. The highest BCUT2D eigenvalue weighted by atomic mass is 32.2. The lowest BCUT2D eigenvalue weighted by Crippen LogP contribution is -2.34. The molecule has 0 aliphatic heterocycles. The fraction of sp³-hybridized carbons (Fsp3) is 0.750. The standard InChI is InChI=1S/C16H25NO3S/c1-12(10-16(19)20-2)21-11-15(18)17(14-8-9-14)13-6-4-3-5-7-13/h6,12,14H,3-5,7-11H2,1-2H3. The van der Waals surface area contributed by atoms with E-state index in [2.05, 4.69) is 10.8 Å². The van der Waals surface area contributed by atoms with Crippen LogP contribution >= 0.6 is 11.8 Å². The SMILES string of the molecule is COC(=O)CC(C)SCC(=O)N(C1=CCCCC1)C1CC1. The highest BCUT2D eigenvalue weighted by Crippen LogP contribution is 2.34. The lowest BCUT2D eigenvalue weighted by molar-refractivity contribution is -0.140. The van der Waals surface area contributed by atoms with Gasteiger partial charge in [0.15, 0.2) is 0 Å². The lowest BCUT2D eigenvalue weighted by atomic mass is 10.0. The predicted octanol–water partition coefficient (Wildman–Crippen LogP) is 3.12. The summed E-state index contributed by atoms with van der Waals surface area (Å²) in [6, 6.07) is 0.429. The highest BCUT2D eigenvalue weighted by Gasteiger charge is 2.34. The van der Waals surface area contributed by atoms with Crippen molar-refractivity contribution < 1.29 is 14.3 Å². The van der Waals surface area contributed by atoms with E-state index in [1.165, 1.54) is 25.6 Å². The third kappa shape index (κ3) is 5.06. The topological polar surface area (TPSA) is 46.6 Å². The van der Waals surface area contributed by atoms with Crippen LogP contribution in [0.4, 0.5) is 0 Å². The van der Waals surface area contributed by atoms with Gasteiger partial charge in [0.1, 0.15) is 0 Å². The number of rotatable bonds is 7. The van der Waals surface area contributed by atoms with Crippen LogP contribution < -0.4 is 0 Å². The molecule has 0 radical (unpaired) electrons. The zero-order valence-corrected chi connectivity index (χ0v) is 13.8. The molecule has 0 saturated heterocycles. The minimum Gasteiger partial charge on any atom is -0.469 e. The molecule has 2 aliphatic rings. The molecule has 2 rings (SSSR count). The molecule has 1 fully saturated rings. The maximum atomic E-state index is 12.5. The summed E-state index contributed by atoms with van der Waals surface area (Å²) in [7, 11) is 1.40. The van der Waals surface area contributed by atoms with Crippen LogP contribution in [0.2, 0.25) is 0 Å². The Labute approximate surface area is 131 Å². The molecule has 0 aromatic rings. The molecule has 4 nitrogen and oxygen atoms in total. The van der Waals surface area contributed by atoms with Crippen molar-refractivity contribution in [3.05, 3.63) is 11.8 Å². The number of nitrogens with zero attached hydrogens (tertiary/aromatic N) is 1. The number of methoxy groups -OCH3 is 1. The summed E-state index contributed by atoms with van der Waals surface area (Å²) in [5.41, 5.74) is 1.23. The molecule has 1 unspecified atom stereocenters. The molecule has 1 atom stereocenters. The number of thioether (sulfide) groups is 1. The summed E-state index contributed by atoms with van der Waals surface area (Å²) in [4.78, 5) is 25.8. The van der Waals surface area contributed by atoms with Gasteiger partial charge in [-0.2, -0.15) is 0 Å². The monoisotopic (exact) mass is 311 g/mol. The number of hydrogen-bond donors (Lipinski definition) is 0. The predicted molar refractivity (Wildman–Crippen MR) is 85.0 cm³/mol. The Morgan fingerprint density at radius 3 is 2.76 bits per heavy atom. The Bertz CT molecular complexity index is 418. The van der Waals surface area contributed by atoms with E-state index < -0.39 is 0 Å². The van der Waals surface area contributed by atoms with Crippen LogP contribution in [-0.2, 0) is 14.3 Å².